The van der Waals surface area contributed by atoms with E-state index in [1.165, 1.54) is 62.5 Å². The molecule has 0 amide bonds. The van der Waals surface area contributed by atoms with E-state index in [0.717, 1.165) is 24.2 Å². The maximum absolute atomic E-state index is 11.3. The number of aliphatic hydroxyl groups excluding tert-OH is 1. The number of benzene rings is 1. The van der Waals surface area contributed by atoms with E-state index < -0.39 is 0 Å². The molecule has 5 rings (SSSR count). The molecule has 0 aliphatic heterocycles. The van der Waals surface area contributed by atoms with Gasteiger partial charge in [-0.25, -0.2) is 0 Å². The fraction of sp³-hybridized carbons (Fsp3) is 0.692. The third kappa shape index (κ3) is 2.68. The van der Waals surface area contributed by atoms with E-state index in [0.29, 0.717) is 11.3 Å². The highest BCUT2D eigenvalue weighted by Crippen LogP contribution is 2.67. The van der Waals surface area contributed by atoms with Crippen molar-refractivity contribution in [1.29, 1.82) is 0 Å². The lowest BCUT2D eigenvalue weighted by Crippen LogP contribution is -2.53. The number of hydrogen-bond donors (Lipinski definition) is 1. The van der Waals surface area contributed by atoms with E-state index in [9.17, 15) is 5.11 Å². The number of hydrogen-bond acceptors (Lipinski definition) is 1. The van der Waals surface area contributed by atoms with Gasteiger partial charge < -0.3 is 5.11 Å². The molecule has 1 aromatic rings. The third-order valence-corrected chi connectivity index (χ3v) is 9.60. The first-order valence-electron chi connectivity index (χ1n) is 11.5. The lowest BCUT2D eigenvalue weighted by Gasteiger charge is -2.60. The second kappa shape index (κ2) is 6.48. The Hall–Kier alpha value is -1.08. The molecule has 0 spiro atoms. The van der Waals surface area contributed by atoms with Gasteiger partial charge in [0, 0.05) is 5.41 Å². The standard InChI is InChI=1S/C26H36O/c1-25-14-7-6-10-20(25)11-12-21-22(25)13-15-26(2)23(21)17-19(24(26)27)16-18-8-4-3-5-9-18/h3-5,8-9,16,20-24,27H,6-7,10-15,17H2,1-2H3. The van der Waals surface area contributed by atoms with Crippen LogP contribution in [0.15, 0.2) is 35.9 Å². The van der Waals surface area contributed by atoms with E-state index in [1.54, 1.807) is 0 Å². The summed E-state index contributed by atoms with van der Waals surface area (Å²) in [5, 5.41) is 11.3. The largest absolute Gasteiger partial charge is 0.388 e. The first kappa shape index (κ1) is 18.0. The zero-order valence-electron chi connectivity index (χ0n) is 17.2. The molecule has 0 saturated heterocycles. The van der Waals surface area contributed by atoms with E-state index in [2.05, 4.69) is 50.3 Å². The van der Waals surface area contributed by atoms with Gasteiger partial charge in [0.2, 0.25) is 0 Å². The molecule has 0 bridgehead atoms. The van der Waals surface area contributed by atoms with Crippen molar-refractivity contribution in [2.45, 2.75) is 77.7 Å². The molecular weight excluding hydrogens is 328 g/mol. The second-order valence-corrected chi connectivity index (χ2v) is 10.7. The van der Waals surface area contributed by atoms with Crippen molar-refractivity contribution in [3.63, 3.8) is 0 Å². The van der Waals surface area contributed by atoms with Gasteiger partial charge in [-0.15, -0.1) is 0 Å². The van der Waals surface area contributed by atoms with E-state index in [1.807, 2.05) is 0 Å². The van der Waals surface area contributed by atoms with E-state index in [-0.39, 0.29) is 11.5 Å². The van der Waals surface area contributed by atoms with Gasteiger partial charge in [-0.05, 0) is 85.2 Å². The molecule has 0 heterocycles. The van der Waals surface area contributed by atoms with Gasteiger partial charge in [0.1, 0.15) is 0 Å². The highest BCUT2D eigenvalue weighted by molar-refractivity contribution is 5.55. The Morgan fingerprint density at radius 3 is 2.52 bits per heavy atom. The fourth-order valence-electron chi connectivity index (χ4n) is 8.06. The van der Waals surface area contributed by atoms with Gasteiger partial charge in [0.15, 0.2) is 0 Å². The van der Waals surface area contributed by atoms with Gasteiger partial charge in [-0.3, -0.25) is 0 Å². The molecule has 1 heteroatoms. The summed E-state index contributed by atoms with van der Waals surface area (Å²) in [6, 6.07) is 10.6. The maximum Gasteiger partial charge on any atom is 0.0809 e. The Morgan fingerprint density at radius 2 is 1.70 bits per heavy atom. The van der Waals surface area contributed by atoms with Crippen LogP contribution in [0.2, 0.25) is 0 Å². The summed E-state index contributed by atoms with van der Waals surface area (Å²) in [6.45, 7) is 5.04. The fourth-order valence-corrected chi connectivity index (χ4v) is 8.06. The SMILES string of the molecule is CC12CCCCC1CCC1C2CCC2(C)C(O)C(=Cc3ccccc3)CC12. The molecule has 7 unspecified atom stereocenters. The topological polar surface area (TPSA) is 20.2 Å². The molecular formula is C26H36O. The van der Waals surface area contributed by atoms with Crippen LogP contribution in [0.1, 0.15) is 77.2 Å². The highest BCUT2D eigenvalue weighted by Gasteiger charge is 2.60. The smallest absolute Gasteiger partial charge is 0.0809 e. The molecule has 4 saturated carbocycles. The monoisotopic (exact) mass is 364 g/mol. The lowest BCUT2D eigenvalue weighted by molar-refractivity contribution is -0.119. The summed E-state index contributed by atoms with van der Waals surface area (Å²) >= 11 is 0. The van der Waals surface area contributed by atoms with Crippen LogP contribution in [-0.2, 0) is 0 Å². The Labute approximate surface area is 165 Å². The molecule has 0 radical (unpaired) electrons. The normalized spacial score (nSPS) is 48.0. The molecule has 0 aromatic heterocycles. The average Bonchev–Trinajstić information content (AvgIpc) is 2.93. The zero-order chi connectivity index (χ0) is 18.6. The van der Waals surface area contributed by atoms with Crippen molar-refractivity contribution < 1.29 is 5.11 Å². The van der Waals surface area contributed by atoms with Crippen molar-refractivity contribution in [2.24, 2.45) is 34.5 Å². The van der Waals surface area contributed by atoms with Crippen LogP contribution in [0.5, 0.6) is 0 Å². The molecule has 4 aliphatic rings. The molecule has 4 fully saturated rings. The van der Waals surface area contributed by atoms with Crippen LogP contribution in [0.25, 0.3) is 6.08 Å². The quantitative estimate of drug-likeness (QED) is 0.605. The minimum atomic E-state index is -0.249. The molecule has 7 atom stereocenters. The van der Waals surface area contributed by atoms with Crippen molar-refractivity contribution >= 4 is 6.08 Å². The molecule has 4 aliphatic carbocycles. The third-order valence-electron chi connectivity index (χ3n) is 9.60. The minimum Gasteiger partial charge on any atom is -0.388 e. The second-order valence-electron chi connectivity index (χ2n) is 10.7. The molecule has 1 N–H and O–H groups in total. The number of rotatable bonds is 1. The van der Waals surface area contributed by atoms with Crippen LogP contribution in [-0.4, -0.2) is 11.2 Å². The summed E-state index contributed by atoms with van der Waals surface area (Å²) in [4.78, 5) is 0. The maximum atomic E-state index is 11.3. The van der Waals surface area contributed by atoms with Crippen LogP contribution in [0.4, 0.5) is 0 Å². The average molecular weight is 365 g/mol. The minimum absolute atomic E-state index is 0.0969. The summed E-state index contributed by atoms with van der Waals surface area (Å²) in [5.41, 5.74) is 3.22. The zero-order valence-corrected chi connectivity index (χ0v) is 17.2. The van der Waals surface area contributed by atoms with Crippen molar-refractivity contribution in [2.75, 3.05) is 0 Å². The van der Waals surface area contributed by atoms with E-state index in [4.69, 9.17) is 0 Å². The van der Waals surface area contributed by atoms with Gasteiger partial charge in [0.05, 0.1) is 6.10 Å². The Kier molecular flexibility index (Phi) is 4.31. The van der Waals surface area contributed by atoms with Crippen LogP contribution >= 0.6 is 0 Å². The Bertz CT molecular complexity index is 721. The van der Waals surface area contributed by atoms with E-state index >= 15 is 0 Å². The van der Waals surface area contributed by atoms with Crippen LogP contribution < -0.4 is 0 Å². The van der Waals surface area contributed by atoms with Crippen LogP contribution in [0, 0.1) is 34.5 Å². The first-order valence-corrected chi connectivity index (χ1v) is 11.5. The predicted molar refractivity (Wildman–Crippen MR) is 112 cm³/mol. The molecule has 27 heavy (non-hydrogen) atoms. The first-order chi connectivity index (χ1) is 13.0. The van der Waals surface area contributed by atoms with Crippen LogP contribution in [0.3, 0.4) is 0 Å². The molecule has 1 nitrogen and oxygen atoms in total. The summed E-state index contributed by atoms with van der Waals surface area (Å²) in [6.07, 6.45) is 14.4. The van der Waals surface area contributed by atoms with Gasteiger partial charge in [-0.2, -0.15) is 0 Å². The molecule has 1 aromatic carbocycles. The number of fused-ring (bicyclic) bond motifs is 5. The highest BCUT2D eigenvalue weighted by atomic mass is 16.3. The number of aliphatic hydroxyl groups is 1. The summed E-state index contributed by atoms with van der Waals surface area (Å²) in [5.74, 6) is 3.39. The lowest BCUT2D eigenvalue weighted by atomic mass is 9.45. The van der Waals surface area contributed by atoms with Gasteiger partial charge in [-0.1, -0.05) is 63.1 Å². The predicted octanol–water partition coefficient (Wildman–Crippen LogP) is 6.47. The van der Waals surface area contributed by atoms with Crippen molar-refractivity contribution in [1.82, 2.24) is 0 Å². The van der Waals surface area contributed by atoms with Gasteiger partial charge in [0.25, 0.3) is 0 Å². The molecule has 146 valence electrons. The van der Waals surface area contributed by atoms with Crippen molar-refractivity contribution in [3.05, 3.63) is 41.5 Å². The summed E-state index contributed by atoms with van der Waals surface area (Å²) in [7, 11) is 0. The summed E-state index contributed by atoms with van der Waals surface area (Å²) < 4.78 is 0. The Morgan fingerprint density at radius 1 is 0.889 bits per heavy atom. The van der Waals surface area contributed by atoms with Crippen molar-refractivity contribution in [3.8, 4) is 0 Å². The van der Waals surface area contributed by atoms with Gasteiger partial charge >= 0.3 is 0 Å². The Balaban J connectivity index is 1.46.